The Morgan fingerprint density at radius 2 is 1.95 bits per heavy atom. The minimum atomic E-state index is 0.794. The Bertz CT molecular complexity index is 521. The summed E-state index contributed by atoms with van der Waals surface area (Å²) in [6.07, 6.45) is 1.10. The van der Waals surface area contributed by atoms with Crippen molar-refractivity contribution in [3.63, 3.8) is 0 Å². The van der Waals surface area contributed by atoms with Crippen LogP contribution in [0.2, 0.25) is 0 Å². The molecule has 1 aromatic heterocycles. The second kappa shape index (κ2) is 7.24. The highest BCUT2D eigenvalue weighted by Gasteiger charge is 2.12. The van der Waals surface area contributed by atoms with Gasteiger partial charge in [0.2, 0.25) is 0 Å². The van der Waals surface area contributed by atoms with Gasteiger partial charge < -0.3 is 10.2 Å². The van der Waals surface area contributed by atoms with Crippen molar-refractivity contribution >= 4 is 22.2 Å². The highest BCUT2D eigenvalue weighted by Crippen LogP contribution is 2.23. The molecule has 108 valence electrons. The van der Waals surface area contributed by atoms with E-state index in [-0.39, 0.29) is 0 Å². The summed E-state index contributed by atoms with van der Waals surface area (Å²) >= 11 is 1.44. The van der Waals surface area contributed by atoms with Crippen molar-refractivity contribution in [2.24, 2.45) is 0 Å². The van der Waals surface area contributed by atoms with Crippen LogP contribution in [-0.2, 0) is 6.54 Å². The minimum Gasteiger partial charge on any atom is -0.374 e. The fourth-order valence-corrected chi connectivity index (χ4v) is 2.61. The second-order valence-electron chi connectivity index (χ2n) is 4.83. The van der Waals surface area contributed by atoms with Gasteiger partial charge in [-0.25, -0.2) is 0 Å². The van der Waals surface area contributed by atoms with Gasteiger partial charge in [-0.2, -0.15) is 0 Å². The van der Waals surface area contributed by atoms with Gasteiger partial charge in [0.05, 0.1) is 6.54 Å². The molecule has 0 unspecified atom stereocenters. The summed E-state index contributed by atoms with van der Waals surface area (Å²) in [5.41, 5.74) is 3.55. The lowest BCUT2D eigenvalue weighted by Crippen LogP contribution is -2.22. The van der Waals surface area contributed by atoms with Gasteiger partial charge in [-0.1, -0.05) is 29.1 Å². The molecule has 1 N–H and O–H groups in total. The summed E-state index contributed by atoms with van der Waals surface area (Å²) in [7, 11) is 0. The number of anilines is 2. The van der Waals surface area contributed by atoms with Gasteiger partial charge in [-0.3, -0.25) is 0 Å². The average molecular weight is 290 g/mol. The van der Waals surface area contributed by atoms with Crippen LogP contribution in [0.4, 0.5) is 10.7 Å². The molecule has 0 bridgehead atoms. The molecule has 0 aliphatic rings. The number of nitrogens with zero attached hydrogens (tertiary/aromatic N) is 3. The van der Waals surface area contributed by atoms with E-state index in [9.17, 15) is 0 Å². The summed E-state index contributed by atoms with van der Waals surface area (Å²) in [4.78, 5) is 2.31. The molecule has 20 heavy (non-hydrogen) atoms. The van der Waals surface area contributed by atoms with Gasteiger partial charge in [-0.15, -0.1) is 5.10 Å². The van der Waals surface area contributed by atoms with E-state index in [2.05, 4.69) is 64.8 Å². The molecule has 0 spiro atoms. The first-order valence-corrected chi connectivity index (χ1v) is 7.88. The van der Waals surface area contributed by atoms with Crippen LogP contribution in [0, 0.1) is 6.92 Å². The molecule has 0 radical (unpaired) electrons. The van der Waals surface area contributed by atoms with Crippen molar-refractivity contribution < 1.29 is 0 Å². The lowest BCUT2D eigenvalue weighted by molar-refractivity contribution is 0.803. The number of nitrogens with one attached hydrogen (secondary N) is 1. The Balaban J connectivity index is 2.10. The quantitative estimate of drug-likeness (QED) is 0.844. The predicted molar refractivity (Wildman–Crippen MR) is 86.6 cm³/mol. The van der Waals surface area contributed by atoms with Crippen LogP contribution in [0.1, 0.15) is 31.5 Å². The van der Waals surface area contributed by atoms with E-state index in [1.54, 1.807) is 0 Å². The van der Waals surface area contributed by atoms with Crippen LogP contribution in [0.25, 0.3) is 0 Å². The summed E-state index contributed by atoms with van der Waals surface area (Å²) in [5, 5.41) is 8.76. The van der Waals surface area contributed by atoms with E-state index in [0.29, 0.717) is 0 Å². The Kier molecular flexibility index (Phi) is 5.35. The Morgan fingerprint density at radius 1 is 1.20 bits per heavy atom. The SMILES string of the molecule is CCCNc1snnc1CN(CC)c1ccc(C)cc1. The van der Waals surface area contributed by atoms with Crippen molar-refractivity contribution in [3.8, 4) is 0 Å². The van der Waals surface area contributed by atoms with Crippen LogP contribution in [0.3, 0.4) is 0 Å². The van der Waals surface area contributed by atoms with Crippen molar-refractivity contribution in [2.75, 3.05) is 23.3 Å². The summed E-state index contributed by atoms with van der Waals surface area (Å²) in [6, 6.07) is 8.62. The summed E-state index contributed by atoms with van der Waals surface area (Å²) in [5.74, 6) is 0. The minimum absolute atomic E-state index is 0.794. The van der Waals surface area contributed by atoms with E-state index in [1.165, 1.54) is 22.8 Å². The van der Waals surface area contributed by atoms with Gasteiger partial charge in [0.1, 0.15) is 10.7 Å². The number of benzene rings is 1. The topological polar surface area (TPSA) is 41.1 Å². The van der Waals surface area contributed by atoms with Crippen molar-refractivity contribution in [1.29, 1.82) is 0 Å². The summed E-state index contributed by atoms with van der Waals surface area (Å²) in [6.45, 7) is 9.14. The molecule has 0 atom stereocenters. The van der Waals surface area contributed by atoms with Gasteiger partial charge in [0.25, 0.3) is 0 Å². The Labute approximate surface area is 125 Å². The molecule has 0 aliphatic heterocycles. The molecule has 1 aromatic carbocycles. The molecular weight excluding hydrogens is 268 g/mol. The lowest BCUT2D eigenvalue weighted by Gasteiger charge is -2.22. The molecule has 1 heterocycles. The third kappa shape index (κ3) is 3.70. The first-order valence-electron chi connectivity index (χ1n) is 7.11. The van der Waals surface area contributed by atoms with E-state index in [1.807, 2.05) is 0 Å². The molecular formula is C15H22N4S. The molecule has 5 heteroatoms. The van der Waals surface area contributed by atoms with Crippen LogP contribution < -0.4 is 10.2 Å². The Morgan fingerprint density at radius 3 is 2.60 bits per heavy atom. The summed E-state index contributed by atoms with van der Waals surface area (Å²) < 4.78 is 4.07. The van der Waals surface area contributed by atoms with E-state index in [0.717, 1.165) is 36.8 Å². The van der Waals surface area contributed by atoms with Crippen LogP contribution in [0.15, 0.2) is 24.3 Å². The first kappa shape index (κ1) is 14.8. The van der Waals surface area contributed by atoms with E-state index < -0.39 is 0 Å². The molecule has 0 fully saturated rings. The second-order valence-corrected chi connectivity index (χ2v) is 5.58. The van der Waals surface area contributed by atoms with Crippen LogP contribution >= 0.6 is 11.5 Å². The number of aromatic nitrogens is 2. The van der Waals surface area contributed by atoms with Gasteiger partial charge in [-0.05, 0) is 32.4 Å². The molecule has 0 aliphatic carbocycles. The van der Waals surface area contributed by atoms with Gasteiger partial charge >= 0.3 is 0 Å². The lowest BCUT2D eigenvalue weighted by atomic mass is 10.2. The molecule has 0 saturated carbocycles. The standard InChI is InChI=1S/C15H22N4S/c1-4-10-16-15-14(17-18-20-15)11-19(5-2)13-8-6-12(3)7-9-13/h6-9,16H,4-5,10-11H2,1-3H3. The average Bonchev–Trinajstić information content (AvgIpc) is 2.91. The normalized spacial score (nSPS) is 10.6. The van der Waals surface area contributed by atoms with Gasteiger partial charge in [0, 0.05) is 30.3 Å². The zero-order valence-corrected chi connectivity index (χ0v) is 13.2. The fourth-order valence-electron chi connectivity index (χ4n) is 2.01. The number of aryl methyl sites for hydroxylation is 1. The van der Waals surface area contributed by atoms with Crippen molar-refractivity contribution in [3.05, 3.63) is 35.5 Å². The monoisotopic (exact) mass is 290 g/mol. The fraction of sp³-hybridized carbons (Fsp3) is 0.467. The Hall–Kier alpha value is -1.62. The van der Waals surface area contributed by atoms with Gasteiger partial charge in [0.15, 0.2) is 0 Å². The van der Waals surface area contributed by atoms with Crippen molar-refractivity contribution in [2.45, 2.75) is 33.7 Å². The maximum Gasteiger partial charge on any atom is 0.135 e. The zero-order chi connectivity index (χ0) is 14.4. The van der Waals surface area contributed by atoms with Crippen LogP contribution in [-0.4, -0.2) is 22.7 Å². The van der Waals surface area contributed by atoms with Crippen LogP contribution in [0.5, 0.6) is 0 Å². The number of hydrogen-bond donors (Lipinski definition) is 1. The maximum atomic E-state index is 4.26. The predicted octanol–water partition coefficient (Wildman–Crippen LogP) is 3.69. The molecule has 0 amide bonds. The molecule has 2 aromatic rings. The third-order valence-electron chi connectivity index (χ3n) is 3.21. The smallest absolute Gasteiger partial charge is 0.135 e. The van der Waals surface area contributed by atoms with E-state index in [4.69, 9.17) is 0 Å². The molecule has 4 nitrogen and oxygen atoms in total. The van der Waals surface area contributed by atoms with Crippen molar-refractivity contribution in [1.82, 2.24) is 9.59 Å². The third-order valence-corrected chi connectivity index (χ3v) is 3.94. The highest BCUT2D eigenvalue weighted by molar-refractivity contribution is 7.10. The largest absolute Gasteiger partial charge is 0.374 e. The van der Waals surface area contributed by atoms with E-state index >= 15 is 0 Å². The highest BCUT2D eigenvalue weighted by atomic mass is 32.1. The molecule has 0 saturated heterocycles. The number of rotatable bonds is 7. The number of hydrogen-bond acceptors (Lipinski definition) is 5. The molecule has 2 rings (SSSR count). The first-order chi connectivity index (χ1) is 9.74. The maximum absolute atomic E-state index is 4.26. The zero-order valence-electron chi connectivity index (χ0n) is 12.4.